The average Bonchev–Trinajstić information content (AvgIpc) is 2.74. The second-order valence-electron chi connectivity index (χ2n) is 7.45. The number of aliphatic hydroxyl groups excluding tert-OH is 4. The van der Waals surface area contributed by atoms with Gasteiger partial charge in [0.25, 0.3) is 0 Å². The second-order valence-corrected chi connectivity index (χ2v) is 7.45. The van der Waals surface area contributed by atoms with Crippen molar-refractivity contribution in [3.63, 3.8) is 0 Å². The Bertz CT molecular complexity index is 548. The van der Waals surface area contributed by atoms with Gasteiger partial charge in [-0.1, -0.05) is 26.7 Å². The van der Waals surface area contributed by atoms with E-state index in [-0.39, 0.29) is 26.1 Å². The van der Waals surface area contributed by atoms with Crippen molar-refractivity contribution >= 4 is 17.8 Å². The first-order valence-corrected chi connectivity index (χ1v) is 10.7. The molecule has 0 aromatic heterocycles. The zero-order valence-corrected chi connectivity index (χ0v) is 18.1. The van der Waals surface area contributed by atoms with Crippen LogP contribution in [0.1, 0.15) is 52.4 Å². The third-order valence-corrected chi connectivity index (χ3v) is 4.91. The first kappa shape index (κ1) is 27.2. The molecule has 0 radical (unpaired) electrons. The van der Waals surface area contributed by atoms with Gasteiger partial charge in [0.1, 0.15) is 24.4 Å². The quantitative estimate of drug-likeness (QED) is 0.133. The molecular formula is C20H35NO10. The van der Waals surface area contributed by atoms with Crippen LogP contribution in [0.15, 0.2) is 0 Å². The highest BCUT2D eigenvalue weighted by Gasteiger charge is 2.44. The van der Waals surface area contributed by atoms with Crippen LogP contribution in [0.2, 0.25) is 0 Å². The van der Waals surface area contributed by atoms with Crippen molar-refractivity contribution < 1.29 is 49.0 Å². The molecule has 1 aliphatic rings. The number of esters is 2. The Morgan fingerprint density at radius 1 is 0.935 bits per heavy atom. The fourth-order valence-electron chi connectivity index (χ4n) is 2.89. The highest BCUT2D eigenvalue weighted by molar-refractivity contribution is 5.95. The molecule has 5 N–H and O–H groups in total. The highest BCUT2D eigenvalue weighted by Crippen LogP contribution is 2.20. The molecule has 11 nitrogen and oxygen atoms in total. The van der Waals surface area contributed by atoms with Crippen LogP contribution in [0.5, 0.6) is 0 Å². The normalized spacial score (nSPS) is 25.8. The van der Waals surface area contributed by atoms with Crippen LogP contribution in [0.4, 0.5) is 0 Å². The minimum absolute atomic E-state index is 0.158. The lowest BCUT2D eigenvalue weighted by molar-refractivity contribution is -0.236. The van der Waals surface area contributed by atoms with E-state index in [0.717, 1.165) is 12.8 Å². The summed E-state index contributed by atoms with van der Waals surface area (Å²) >= 11 is 0. The van der Waals surface area contributed by atoms with Crippen molar-refractivity contribution in [2.45, 2.75) is 83.0 Å². The summed E-state index contributed by atoms with van der Waals surface area (Å²) in [7, 11) is 0. The number of ether oxygens (including phenoxy) is 3. The maximum atomic E-state index is 12.3. The Kier molecular flexibility index (Phi) is 12.6. The van der Waals surface area contributed by atoms with Gasteiger partial charge in [0, 0.05) is 6.42 Å². The van der Waals surface area contributed by atoms with E-state index < -0.39 is 61.0 Å². The van der Waals surface area contributed by atoms with Gasteiger partial charge in [0.15, 0.2) is 12.1 Å². The van der Waals surface area contributed by atoms with Crippen LogP contribution in [0.3, 0.4) is 0 Å². The molecule has 5 atom stereocenters. The standard InChI is InChI=1S/C20H35NO10/c1-3-5-9-29-19(27)12(20(28)30-10-6-4-2)7-8-14(23)21-18-17(26)16(25)15(24)13(11-22)31-18/h12-13,15-18,22,24-26H,3-11H2,1-2H3,(H,21,23). The van der Waals surface area contributed by atoms with Crippen LogP contribution in [-0.2, 0) is 28.6 Å². The lowest BCUT2D eigenvalue weighted by atomic mass is 9.98. The van der Waals surface area contributed by atoms with Crippen molar-refractivity contribution in [1.82, 2.24) is 5.32 Å². The molecule has 180 valence electrons. The number of rotatable bonds is 13. The van der Waals surface area contributed by atoms with Gasteiger partial charge >= 0.3 is 11.9 Å². The summed E-state index contributed by atoms with van der Waals surface area (Å²) in [6.07, 6.45) is -4.93. The van der Waals surface area contributed by atoms with Crippen LogP contribution >= 0.6 is 0 Å². The molecule has 1 fully saturated rings. The molecule has 1 aliphatic heterocycles. The number of hydrogen-bond donors (Lipinski definition) is 5. The minimum atomic E-state index is -1.63. The molecular weight excluding hydrogens is 414 g/mol. The molecule has 0 bridgehead atoms. The Labute approximate surface area is 181 Å². The number of carbonyl (C=O) groups excluding carboxylic acids is 3. The number of unbranched alkanes of at least 4 members (excludes halogenated alkanes) is 2. The summed E-state index contributed by atoms with van der Waals surface area (Å²) in [5.74, 6) is -3.47. The third kappa shape index (κ3) is 8.69. The van der Waals surface area contributed by atoms with Gasteiger partial charge < -0.3 is 40.0 Å². The summed E-state index contributed by atoms with van der Waals surface area (Å²) < 4.78 is 15.4. The molecule has 1 saturated heterocycles. The summed E-state index contributed by atoms with van der Waals surface area (Å²) in [6, 6.07) is 0. The van der Waals surface area contributed by atoms with E-state index in [1.807, 2.05) is 13.8 Å². The van der Waals surface area contributed by atoms with E-state index >= 15 is 0 Å². The number of nitrogens with one attached hydrogen (secondary N) is 1. The van der Waals surface area contributed by atoms with E-state index in [1.54, 1.807) is 0 Å². The van der Waals surface area contributed by atoms with Crippen molar-refractivity contribution in [3.05, 3.63) is 0 Å². The van der Waals surface area contributed by atoms with E-state index in [0.29, 0.717) is 12.8 Å². The Morgan fingerprint density at radius 2 is 1.48 bits per heavy atom. The molecule has 31 heavy (non-hydrogen) atoms. The van der Waals surface area contributed by atoms with Crippen LogP contribution in [-0.4, -0.2) is 88.7 Å². The van der Waals surface area contributed by atoms with Gasteiger partial charge in [0.05, 0.1) is 19.8 Å². The zero-order chi connectivity index (χ0) is 23.4. The van der Waals surface area contributed by atoms with E-state index in [9.17, 15) is 34.8 Å². The second kappa shape index (κ2) is 14.3. The van der Waals surface area contributed by atoms with Crippen molar-refractivity contribution in [1.29, 1.82) is 0 Å². The molecule has 0 saturated carbocycles. The summed E-state index contributed by atoms with van der Waals surface area (Å²) in [4.78, 5) is 36.9. The fourth-order valence-corrected chi connectivity index (χ4v) is 2.89. The maximum absolute atomic E-state index is 12.3. The first-order valence-electron chi connectivity index (χ1n) is 10.7. The lowest BCUT2D eigenvalue weighted by Gasteiger charge is -2.40. The Morgan fingerprint density at radius 3 is 1.97 bits per heavy atom. The van der Waals surface area contributed by atoms with Crippen molar-refractivity contribution in [2.75, 3.05) is 19.8 Å². The summed E-state index contributed by atoms with van der Waals surface area (Å²) in [5.41, 5.74) is 0. The number of amides is 1. The van der Waals surface area contributed by atoms with E-state index in [4.69, 9.17) is 14.2 Å². The van der Waals surface area contributed by atoms with Gasteiger partial charge in [-0.25, -0.2) is 0 Å². The molecule has 1 rings (SSSR count). The number of carbonyl (C=O) groups is 3. The summed E-state index contributed by atoms with van der Waals surface area (Å²) in [5, 5.41) is 41.1. The lowest BCUT2D eigenvalue weighted by Crippen LogP contribution is -2.63. The monoisotopic (exact) mass is 449 g/mol. The van der Waals surface area contributed by atoms with E-state index in [2.05, 4.69) is 5.32 Å². The molecule has 0 spiro atoms. The van der Waals surface area contributed by atoms with Gasteiger partial charge in [-0.2, -0.15) is 0 Å². The molecule has 0 aliphatic carbocycles. The van der Waals surface area contributed by atoms with Gasteiger partial charge in [-0.05, 0) is 19.3 Å². The smallest absolute Gasteiger partial charge is 0.320 e. The molecule has 11 heteroatoms. The fraction of sp³-hybridized carbons (Fsp3) is 0.850. The summed E-state index contributed by atoms with van der Waals surface area (Å²) in [6.45, 7) is 3.53. The molecule has 1 heterocycles. The van der Waals surface area contributed by atoms with Gasteiger partial charge in [0.2, 0.25) is 5.91 Å². The zero-order valence-electron chi connectivity index (χ0n) is 18.1. The molecule has 5 unspecified atom stereocenters. The molecule has 0 aromatic rings. The SMILES string of the molecule is CCCCOC(=O)C(CCC(=O)NC1OC(CO)C(O)C(O)C1O)C(=O)OCCCC. The molecule has 0 aromatic carbocycles. The number of aliphatic hydroxyl groups is 4. The predicted molar refractivity (Wildman–Crippen MR) is 106 cm³/mol. The molecule has 1 amide bonds. The van der Waals surface area contributed by atoms with Crippen LogP contribution in [0, 0.1) is 5.92 Å². The van der Waals surface area contributed by atoms with Crippen molar-refractivity contribution in [3.8, 4) is 0 Å². The third-order valence-electron chi connectivity index (χ3n) is 4.91. The van der Waals surface area contributed by atoms with E-state index in [1.165, 1.54) is 0 Å². The topological polar surface area (TPSA) is 172 Å². The first-order chi connectivity index (χ1) is 14.8. The number of hydrogen-bond acceptors (Lipinski definition) is 10. The van der Waals surface area contributed by atoms with Crippen LogP contribution in [0.25, 0.3) is 0 Å². The van der Waals surface area contributed by atoms with Crippen LogP contribution < -0.4 is 5.32 Å². The maximum Gasteiger partial charge on any atom is 0.320 e. The minimum Gasteiger partial charge on any atom is -0.465 e. The highest BCUT2D eigenvalue weighted by atomic mass is 16.6. The van der Waals surface area contributed by atoms with Gasteiger partial charge in [-0.3, -0.25) is 14.4 Å². The Hall–Kier alpha value is -1.79. The largest absolute Gasteiger partial charge is 0.465 e. The van der Waals surface area contributed by atoms with Gasteiger partial charge in [-0.15, -0.1) is 0 Å². The average molecular weight is 449 g/mol. The Balaban J connectivity index is 2.67. The predicted octanol–water partition coefficient (Wildman–Crippen LogP) is -1.01. The van der Waals surface area contributed by atoms with Crippen molar-refractivity contribution in [2.24, 2.45) is 5.92 Å².